The van der Waals surface area contributed by atoms with Crippen molar-refractivity contribution in [2.24, 2.45) is 5.84 Å². The Morgan fingerprint density at radius 1 is 1.67 bits per heavy atom. The quantitative estimate of drug-likeness (QED) is 0.520. The minimum Gasteiger partial charge on any atom is -0.392 e. The molecule has 0 aliphatic carbocycles. The number of nitrogens with one attached hydrogen (secondary N) is 1. The lowest BCUT2D eigenvalue weighted by Crippen LogP contribution is -2.34. The summed E-state index contributed by atoms with van der Waals surface area (Å²) in [6, 6.07) is 1.40. The van der Waals surface area contributed by atoms with Gasteiger partial charge in [0.15, 0.2) is 5.82 Å². The van der Waals surface area contributed by atoms with Gasteiger partial charge in [-0.25, -0.2) is 19.2 Å². The van der Waals surface area contributed by atoms with E-state index in [9.17, 15) is 13.5 Å². The van der Waals surface area contributed by atoms with Crippen molar-refractivity contribution < 1.29 is 13.5 Å². The number of rotatable bonds is 5. The lowest BCUT2D eigenvalue weighted by molar-refractivity contribution is 0.171. The number of hydrogen-bond donors (Lipinski definition) is 3. The van der Waals surface area contributed by atoms with Crippen LogP contribution in [-0.2, 0) is 10.0 Å². The minimum absolute atomic E-state index is 0.0150. The van der Waals surface area contributed by atoms with Crippen molar-refractivity contribution in [2.75, 3.05) is 19.0 Å². The highest BCUT2D eigenvalue weighted by atomic mass is 79.9. The summed E-state index contributed by atoms with van der Waals surface area (Å²) in [5, 5.41) is 9.24. The average molecular weight is 339 g/mol. The number of aliphatic hydroxyl groups is 1. The smallest absolute Gasteiger partial charge is 0.246 e. The van der Waals surface area contributed by atoms with E-state index in [-0.39, 0.29) is 17.3 Å². The predicted molar refractivity (Wildman–Crippen MR) is 71.2 cm³/mol. The zero-order valence-corrected chi connectivity index (χ0v) is 12.4. The van der Waals surface area contributed by atoms with Crippen LogP contribution in [0.2, 0.25) is 0 Å². The molecule has 102 valence electrons. The van der Waals surface area contributed by atoms with Gasteiger partial charge in [0.25, 0.3) is 0 Å². The largest absolute Gasteiger partial charge is 0.392 e. The molecule has 1 aromatic heterocycles. The first-order valence-corrected chi connectivity index (χ1v) is 7.29. The van der Waals surface area contributed by atoms with Crippen LogP contribution >= 0.6 is 15.9 Å². The van der Waals surface area contributed by atoms with Crippen molar-refractivity contribution in [1.82, 2.24) is 9.29 Å². The fourth-order valence-electron chi connectivity index (χ4n) is 1.36. The number of nitrogens with two attached hydrogens (primary N) is 1. The Hall–Kier alpha value is -0.740. The zero-order valence-electron chi connectivity index (χ0n) is 9.96. The first kappa shape index (κ1) is 15.3. The maximum Gasteiger partial charge on any atom is 0.246 e. The van der Waals surface area contributed by atoms with E-state index in [0.29, 0.717) is 4.47 Å². The molecule has 0 spiro atoms. The molecule has 0 fully saturated rings. The van der Waals surface area contributed by atoms with Crippen LogP contribution in [0.15, 0.2) is 21.6 Å². The molecule has 0 radical (unpaired) electrons. The third-order valence-electron chi connectivity index (χ3n) is 2.17. The van der Waals surface area contributed by atoms with Crippen LogP contribution in [0, 0.1) is 0 Å². The minimum atomic E-state index is -3.76. The molecule has 0 saturated carbocycles. The Bertz CT molecular complexity index is 521. The fourth-order valence-corrected chi connectivity index (χ4v) is 3.23. The third-order valence-corrected chi connectivity index (χ3v) is 4.44. The molecule has 4 N–H and O–H groups in total. The molecule has 1 aromatic rings. The summed E-state index contributed by atoms with van der Waals surface area (Å²) in [6.07, 6.45) is 0.669. The number of aromatic nitrogens is 1. The van der Waals surface area contributed by atoms with Crippen molar-refractivity contribution >= 4 is 31.8 Å². The SMILES string of the molecule is CC(O)CN(C)S(=O)(=O)c1cc(Br)cnc1NN. The van der Waals surface area contributed by atoms with Crippen molar-refractivity contribution in [3.8, 4) is 0 Å². The summed E-state index contributed by atoms with van der Waals surface area (Å²) < 4.78 is 26.1. The molecule has 0 amide bonds. The lowest BCUT2D eigenvalue weighted by atomic mass is 10.4. The summed E-state index contributed by atoms with van der Waals surface area (Å²) in [7, 11) is -2.38. The fraction of sp³-hybridized carbons (Fsp3) is 0.444. The Morgan fingerprint density at radius 2 is 2.28 bits per heavy atom. The summed E-state index contributed by atoms with van der Waals surface area (Å²) in [4.78, 5) is 3.82. The van der Waals surface area contributed by atoms with Gasteiger partial charge in [0.05, 0.1) is 6.10 Å². The topological polar surface area (TPSA) is 109 Å². The molecule has 0 aliphatic rings. The standard InChI is InChI=1S/C9H15BrN4O3S/c1-6(15)5-14(2)18(16,17)8-3-7(10)4-12-9(8)13-11/h3-4,6,15H,5,11H2,1-2H3,(H,12,13). The van der Waals surface area contributed by atoms with Crippen LogP contribution < -0.4 is 11.3 Å². The number of hydrazine groups is 1. The van der Waals surface area contributed by atoms with Crippen molar-refractivity contribution in [3.63, 3.8) is 0 Å². The second-order valence-electron chi connectivity index (χ2n) is 3.78. The summed E-state index contributed by atoms with van der Waals surface area (Å²) >= 11 is 3.15. The van der Waals surface area contributed by atoms with Crippen molar-refractivity contribution in [1.29, 1.82) is 0 Å². The lowest BCUT2D eigenvalue weighted by Gasteiger charge is -2.19. The first-order valence-electron chi connectivity index (χ1n) is 5.05. The van der Waals surface area contributed by atoms with Gasteiger partial charge in [-0.15, -0.1) is 0 Å². The van der Waals surface area contributed by atoms with Gasteiger partial charge in [0, 0.05) is 24.3 Å². The molecule has 0 bridgehead atoms. The van der Waals surface area contributed by atoms with Gasteiger partial charge in [-0.1, -0.05) is 0 Å². The highest BCUT2D eigenvalue weighted by molar-refractivity contribution is 9.10. The summed E-state index contributed by atoms with van der Waals surface area (Å²) in [6.45, 7) is 1.49. The number of nitrogen functional groups attached to an aromatic ring is 1. The molecule has 1 rings (SSSR count). The Balaban J connectivity index is 3.23. The van der Waals surface area contributed by atoms with Crippen LogP contribution in [0.25, 0.3) is 0 Å². The highest BCUT2D eigenvalue weighted by Crippen LogP contribution is 2.24. The van der Waals surface area contributed by atoms with Gasteiger partial charge in [-0.05, 0) is 28.9 Å². The normalized spacial score (nSPS) is 13.7. The number of sulfonamides is 1. The number of pyridine rings is 1. The maximum absolute atomic E-state index is 12.3. The monoisotopic (exact) mass is 338 g/mol. The summed E-state index contributed by atoms with van der Waals surface area (Å²) in [5.41, 5.74) is 2.24. The van der Waals surface area contributed by atoms with E-state index < -0.39 is 16.1 Å². The van der Waals surface area contributed by atoms with Crippen LogP contribution in [0.1, 0.15) is 6.92 Å². The number of anilines is 1. The van der Waals surface area contributed by atoms with Crippen LogP contribution in [0.4, 0.5) is 5.82 Å². The number of nitrogens with zero attached hydrogens (tertiary/aromatic N) is 2. The molecule has 0 saturated heterocycles. The van der Waals surface area contributed by atoms with E-state index in [1.165, 1.54) is 26.2 Å². The van der Waals surface area contributed by atoms with E-state index in [4.69, 9.17) is 5.84 Å². The number of aliphatic hydroxyl groups excluding tert-OH is 1. The van der Waals surface area contributed by atoms with Gasteiger partial charge >= 0.3 is 0 Å². The average Bonchev–Trinajstić information content (AvgIpc) is 2.28. The molecular weight excluding hydrogens is 324 g/mol. The molecule has 1 atom stereocenters. The number of hydrogen-bond acceptors (Lipinski definition) is 6. The number of halogens is 1. The predicted octanol–water partition coefficient (Wildman–Crippen LogP) is 0.131. The molecule has 9 heteroatoms. The second-order valence-corrected chi connectivity index (χ2v) is 6.71. The molecule has 1 heterocycles. The van der Waals surface area contributed by atoms with Gasteiger partial charge < -0.3 is 10.5 Å². The highest BCUT2D eigenvalue weighted by Gasteiger charge is 2.25. The van der Waals surface area contributed by atoms with E-state index in [1.807, 2.05) is 0 Å². The third kappa shape index (κ3) is 3.39. The second kappa shape index (κ2) is 5.93. The molecule has 18 heavy (non-hydrogen) atoms. The van der Waals surface area contributed by atoms with Crippen molar-refractivity contribution in [3.05, 3.63) is 16.7 Å². The van der Waals surface area contributed by atoms with Crippen LogP contribution in [0.3, 0.4) is 0 Å². The van der Waals surface area contributed by atoms with Crippen LogP contribution in [0.5, 0.6) is 0 Å². The van der Waals surface area contributed by atoms with Crippen molar-refractivity contribution in [2.45, 2.75) is 17.9 Å². The van der Waals surface area contributed by atoms with Gasteiger partial charge in [0.1, 0.15) is 4.90 Å². The van der Waals surface area contributed by atoms with E-state index >= 15 is 0 Å². The molecule has 1 unspecified atom stereocenters. The van der Waals surface area contributed by atoms with E-state index in [2.05, 4.69) is 26.3 Å². The number of likely N-dealkylation sites (N-methyl/N-ethyl adjacent to an activating group) is 1. The molecular formula is C9H15BrN4O3S. The Kier molecular flexibility index (Phi) is 5.05. The Labute approximate surface area is 114 Å². The van der Waals surface area contributed by atoms with Crippen LogP contribution in [-0.4, -0.2) is 42.5 Å². The van der Waals surface area contributed by atoms with E-state index in [1.54, 1.807) is 0 Å². The Morgan fingerprint density at radius 3 is 2.78 bits per heavy atom. The molecule has 0 aromatic carbocycles. The molecule has 7 nitrogen and oxygen atoms in total. The van der Waals surface area contributed by atoms with Gasteiger partial charge in [-0.2, -0.15) is 4.31 Å². The zero-order chi connectivity index (χ0) is 13.9. The molecule has 0 aliphatic heterocycles. The van der Waals surface area contributed by atoms with Gasteiger partial charge in [-0.3, -0.25) is 0 Å². The first-order chi connectivity index (χ1) is 8.28. The maximum atomic E-state index is 12.3. The van der Waals surface area contributed by atoms with E-state index in [0.717, 1.165) is 4.31 Å². The van der Waals surface area contributed by atoms with Gasteiger partial charge in [0.2, 0.25) is 10.0 Å². The summed E-state index contributed by atoms with van der Waals surface area (Å²) in [5.74, 6) is 5.29.